The SMILES string of the molecule is COC(=O)C[C@@H]1C[C@H](C2=CCC(C(F)(F)F)C=C2)N(Cc2cc(C(F)(F)F)ccc2C(F)(F)F)C1. The number of rotatable bonds is 5. The number of hydrogen-bond acceptors (Lipinski definition) is 3. The average molecular weight is 515 g/mol. The summed E-state index contributed by atoms with van der Waals surface area (Å²) in [6, 6.07) is 0.504. The molecule has 12 heteroatoms. The second-order valence-corrected chi connectivity index (χ2v) is 8.64. The monoisotopic (exact) mass is 515 g/mol. The fourth-order valence-corrected chi connectivity index (χ4v) is 4.51. The van der Waals surface area contributed by atoms with Crippen molar-refractivity contribution in [2.24, 2.45) is 11.8 Å². The minimum atomic E-state index is -4.91. The van der Waals surface area contributed by atoms with Crippen molar-refractivity contribution in [1.82, 2.24) is 4.90 Å². The number of methoxy groups -OCH3 is 1. The molecule has 0 N–H and O–H groups in total. The lowest BCUT2D eigenvalue weighted by molar-refractivity contribution is -0.160. The molecule has 1 unspecified atom stereocenters. The lowest BCUT2D eigenvalue weighted by Gasteiger charge is -2.29. The molecule has 1 saturated heterocycles. The van der Waals surface area contributed by atoms with Gasteiger partial charge in [-0.15, -0.1) is 0 Å². The number of ether oxygens (including phenoxy) is 1. The van der Waals surface area contributed by atoms with Gasteiger partial charge in [0, 0.05) is 25.6 Å². The third kappa shape index (κ3) is 6.59. The number of esters is 1. The van der Waals surface area contributed by atoms with Gasteiger partial charge in [0.1, 0.15) is 0 Å². The van der Waals surface area contributed by atoms with Crippen molar-refractivity contribution in [3.63, 3.8) is 0 Å². The van der Waals surface area contributed by atoms with Crippen LogP contribution < -0.4 is 0 Å². The third-order valence-corrected chi connectivity index (χ3v) is 6.22. The largest absolute Gasteiger partial charge is 0.469 e. The minimum absolute atomic E-state index is 0.0567. The van der Waals surface area contributed by atoms with Gasteiger partial charge in [-0.1, -0.05) is 18.2 Å². The van der Waals surface area contributed by atoms with Crippen molar-refractivity contribution in [2.75, 3.05) is 13.7 Å². The molecule has 1 aromatic rings. The van der Waals surface area contributed by atoms with E-state index in [2.05, 4.69) is 4.74 Å². The van der Waals surface area contributed by atoms with E-state index >= 15 is 0 Å². The first-order valence-electron chi connectivity index (χ1n) is 10.6. The molecule has 1 heterocycles. The highest BCUT2D eigenvalue weighted by Crippen LogP contribution is 2.41. The van der Waals surface area contributed by atoms with Crippen LogP contribution in [0.15, 0.2) is 42.0 Å². The number of carbonyl (C=O) groups excluding carboxylic acids is 1. The molecule has 0 amide bonds. The number of nitrogens with zero attached hydrogens (tertiary/aromatic N) is 1. The maximum Gasteiger partial charge on any atom is 0.416 e. The molecule has 1 fully saturated rings. The first kappa shape index (κ1) is 27.1. The van der Waals surface area contributed by atoms with Gasteiger partial charge in [-0.25, -0.2) is 0 Å². The first-order valence-corrected chi connectivity index (χ1v) is 10.6. The topological polar surface area (TPSA) is 29.5 Å². The Morgan fingerprint density at radius 1 is 1.06 bits per heavy atom. The van der Waals surface area contributed by atoms with E-state index in [9.17, 15) is 44.3 Å². The van der Waals surface area contributed by atoms with Gasteiger partial charge in [0.2, 0.25) is 0 Å². The lowest BCUT2D eigenvalue weighted by Crippen LogP contribution is -2.32. The minimum Gasteiger partial charge on any atom is -0.469 e. The molecule has 0 aromatic heterocycles. The average Bonchev–Trinajstić information content (AvgIpc) is 3.13. The fourth-order valence-electron chi connectivity index (χ4n) is 4.51. The van der Waals surface area contributed by atoms with Gasteiger partial charge in [0.05, 0.1) is 24.2 Å². The molecule has 35 heavy (non-hydrogen) atoms. The van der Waals surface area contributed by atoms with Crippen molar-refractivity contribution in [3.8, 4) is 0 Å². The van der Waals surface area contributed by atoms with E-state index in [4.69, 9.17) is 0 Å². The second kappa shape index (κ2) is 9.87. The zero-order valence-corrected chi connectivity index (χ0v) is 18.4. The van der Waals surface area contributed by atoms with Gasteiger partial charge < -0.3 is 4.74 Å². The Hall–Kier alpha value is -2.50. The van der Waals surface area contributed by atoms with E-state index in [1.54, 1.807) is 0 Å². The van der Waals surface area contributed by atoms with Crippen LogP contribution in [-0.2, 0) is 28.4 Å². The molecular formula is C23H22F9NO2. The van der Waals surface area contributed by atoms with Crippen molar-refractivity contribution in [1.29, 1.82) is 0 Å². The molecule has 0 radical (unpaired) electrons. The Bertz CT molecular complexity index is 992. The van der Waals surface area contributed by atoms with Crippen LogP contribution in [0.2, 0.25) is 0 Å². The van der Waals surface area contributed by atoms with Crippen LogP contribution in [0, 0.1) is 11.8 Å². The van der Waals surface area contributed by atoms with Gasteiger partial charge in [-0.05, 0) is 48.1 Å². The summed E-state index contributed by atoms with van der Waals surface area (Å²) in [5.41, 5.74) is -2.67. The standard InChI is InChI=1S/C23H22F9NO2/c1-35-20(34)9-13-8-19(14-2-4-16(5-3-14)21(24,25)26)33(11-13)12-15-10-17(22(27,28)29)6-7-18(15)23(30,31)32/h2-4,6-7,10,13,16,19H,5,8-9,11-12H2,1H3/t13-,16?,19+/m0/s1. The van der Waals surface area contributed by atoms with E-state index in [0.29, 0.717) is 23.8 Å². The Balaban J connectivity index is 1.94. The van der Waals surface area contributed by atoms with Gasteiger partial charge >= 0.3 is 24.5 Å². The molecular weight excluding hydrogens is 493 g/mol. The maximum atomic E-state index is 13.6. The lowest BCUT2D eigenvalue weighted by atomic mass is 9.90. The molecule has 1 aromatic carbocycles. The summed E-state index contributed by atoms with van der Waals surface area (Å²) in [4.78, 5) is 13.2. The fraction of sp³-hybridized carbons (Fsp3) is 0.522. The quantitative estimate of drug-likeness (QED) is 0.330. The van der Waals surface area contributed by atoms with E-state index < -0.39 is 65.6 Å². The molecule has 3 atom stereocenters. The number of likely N-dealkylation sites (tertiary alicyclic amines) is 1. The van der Waals surface area contributed by atoms with Gasteiger partial charge in [0.25, 0.3) is 0 Å². The van der Waals surface area contributed by atoms with Crippen LogP contribution in [0.5, 0.6) is 0 Å². The smallest absolute Gasteiger partial charge is 0.416 e. The van der Waals surface area contributed by atoms with Crippen LogP contribution in [0.4, 0.5) is 39.5 Å². The summed E-state index contributed by atoms with van der Waals surface area (Å²) < 4.78 is 124. The molecule has 3 rings (SSSR count). The van der Waals surface area contributed by atoms with E-state index in [0.717, 1.165) is 13.2 Å². The number of carbonyl (C=O) groups is 1. The highest BCUT2D eigenvalue weighted by Gasteiger charge is 2.42. The van der Waals surface area contributed by atoms with Crippen LogP contribution in [0.3, 0.4) is 0 Å². The number of benzene rings is 1. The van der Waals surface area contributed by atoms with Crippen molar-refractivity contribution < 1.29 is 49.0 Å². The summed E-state index contributed by atoms with van der Waals surface area (Å²) in [5.74, 6) is -2.68. The van der Waals surface area contributed by atoms with E-state index in [1.807, 2.05) is 0 Å². The summed E-state index contributed by atoms with van der Waals surface area (Å²) >= 11 is 0. The van der Waals surface area contributed by atoms with Gasteiger partial charge in [-0.2, -0.15) is 39.5 Å². The highest BCUT2D eigenvalue weighted by atomic mass is 19.4. The molecule has 0 spiro atoms. The van der Waals surface area contributed by atoms with Crippen molar-refractivity contribution in [3.05, 3.63) is 58.7 Å². The Morgan fingerprint density at radius 2 is 1.74 bits per heavy atom. The van der Waals surface area contributed by atoms with E-state index in [1.165, 1.54) is 17.1 Å². The van der Waals surface area contributed by atoms with Crippen molar-refractivity contribution >= 4 is 5.97 Å². The summed E-state index contributed by atoms with van der Waals surface area (Å²) in [6.45, 7) is -0.476. The van der Waals surface area contributed by atoms with Crippen molar-refractivity contribution in [2.45, 2.75) is 50.4 Å². The molecule has 1 aliphatic carbocycles. The Kier molecular flexibility index (Phi) is 7.64. The Morgan fingerprint density at radius 3 is 2.26 bits per heavy atom. The number of alkyl halides is 9. The van der Waals surface area contributed by atoms with Crippen LogP contribution >= 0.6 is 0 Å². The summed E-state index contributed by atoms with van der Waals surface area (Å²) in [7, 11) is 1.16. The second-order valence-electron chi connectivity index (χ2n) is 8.64. The van der Waals surface area contributed by atoms with Gasteiger partial charge in [-0.3, -0.25) is 9.69 Å². The number of hydrogen-bond donors (Lipinski definition) is 0. The third-order valence-electron chi connectivity index (χ3n) is 6.22. The predicted molar refractivity (Wildman–Crippen MR) is 107 cm³/mol. The zero-order valence-electron chi connectivity index (χ0n) is 18.4. The van der Waals surface area contributed by atoms with Crippen LogP contribution in [0.1, 0.15) is 36.0 Å². The molecule has 194 valence electrons. The maximum absolute atomic E-state index is 13.6. The molecule has 0 bridgehead atoms. The van der Waals surface area contributed by atoms with Gasteiger partial charge in [0.15, 0.2) is 0 Å². The van der Waals surface area contributed by atoms with Crippen LogP contribution in [-0.4, -0.2) is 36.7 Å². The van der Waals surface area contributed by atoms with E-state index in [-0.39, 0.29) is 25.8 Å². The number of halogens is 9. The molecule has 1 aliphatic heterocycles. The Labute approximate surface area is 195 Å². The van der Waals surface area contributed by atoms with Crippen LogP contribution in [0.25, 0.3) is 0 Å². The predicted octanol–water partition coefficient (Wildman–Crippen LogP) is 6.54. The zero-order chi connectivity index (χ0) is 26.2. The molecule has 0 saturated carbocycles. The highest BCUT2D eigenvalue weighted by molar-refractivity contribution is 5.69. The summed E-state index contributed by atoms with van der Waals surface area (Å²) in [5, 5.41) is 0. The number of allylic oxidation sites excluding steroid dienone is 2. The summed E-state index contributed by atoms with van der Waals surface area (Å²) in [6.07, 6.45) is -10.9. The first-order chi connectivity index (χ1) is 16.1. The molecule has 3 nitrogen and oxygen atoms in total. The normalized spacial score (nSPS) is 23.9. The molecule has 2 aliphatic rings.